The summed E-state index contributed by atoms with van der Waals surface area (Å²) >= 11 is 0. The van der Waals surface area contributed by atoms with Crippen molar-refractivity contribution in [3.8, 4) is 0 Å². The van der Waals surface area contributed by atoms with Gasteiger partial charge in [-0.2, -0.15) is 13.2 Å². The van der Waals surface area contributed by atoms with Gasteiger partial charge in [-0.05, 0) is 36.6 Å². The summed E-state index contributed by atoms with van der Waals surface area (Å²) in [6.45, 7) is 2.60. The second kappa shape index (κ2) is 5.09. The Kier molecular flexibility index (Phi) is 3.39. The van der Waals surface area contributed by atoms with Crippen LogP contribution < -0.4 is 5.32 Å². The third-order valence-electron chi connectivity index (χ3n) is 3.68. The summed E-state index contributed by atoms with van der Waals surface area (Å²) in [6.07, 6.45) is -2.08. The van der Waals surface area contributed by atoms with Crippen LogP contribution in [0.2, 0.25) is 0 Å². The van der Waals surface area contributed by atoms with Gasteiger partial charge in [-0.3, -0.25) is 0 Å². The summed E-state index contributed by atoms with van der Waals surface area (Å²) in [7, 11) is 0. The maximum absolute atomic E-state index is 12.4. The van der Waals surface area contributed by atoms with E-state index in [-0.39, 0.29) is 0 Å². The fourth-order valence-corrected chi connectivity index (χ4v) is 2.26. The number of pyridine rings is 1. The molecule has 1 N–H and O–H groups in total. The second-order valence-electron chi connectivity index (χ2n) is 5.41. The van der Waals surface area contributed by atoms with Crippen molar-refractivity contribution in [2.24, 2.45) is 5.92 Å². The van der Waals surface area contributed by atoms with E-state index < -0.39 is 11.9 Å². The topological polar surface area (TPSA) is 38.1 Å². The molecule has 6 heteroatoms. The number of halogens is 3. The molecule has 0 radical (unpaired) electrons. The molecule has 0 aromatic carbocycles. The van der Waals surface area contributed by atoms with Gasteiger partial charge >= 0.3 is 6.18 Å². The van der Waals surface area contributed by atoms with E-state index in [1.807, 2.05) is 12.1 Å². The quantitative estimate of drug-likeness (QED) is 0.907. The number of alkyl halides is 3. The molecule has 1 fully saturated rings. The first-order valence-electron chi connectivity index (χ1n) is 6.79. The molecule has 1 aliphatic rings. The van der Waals surface area contributed by atoms with Crippen LogP contribution in [0.1, 0.15) is 36.5 Å². The zero-order valence-electron chi connectivity index (χ0n) is 11.4. The third kappa shape index (κ3) is 3.20. The highest BCUT2D eigenvalue weighted by atomic mass is 19.4. The highest BCUT2D eigenvalue weighted by Crippen LogP contribution is 2.47. The van der Waals surface area contributed by atoms with Gasteiger partial charge in [-0.1, -0.05) is 6.92 Å². The highest BCUT2D eigenvalue weighted by molar-refractivity contribution is 5.41. The zero-order valence-corrected chi connectivity index (χ0v) is 11.4. The molecular formula is C15H15F3N2O. The van der Waals surface area contributed by atoms with E-state index in [0.29, 0.717) is 24.1 Å². The lowest BCUT2D eigenvalue weighted by molar-refractivity contribution is -0.141. The van der Waals surface area contributed by atoms with Gasteiger partial charge in [0.25, 0.3) is 0 Å². The van der Waals surface area contributed by atoms with Crippen molar-refractivity contribution in [1.29, 1.82) is 0 Å². The monoisotopic (exact) mass is 296 g/mol. The Morgan fingerprint density at radius 1 is 1.29 bits per heavy atom. The lowest BCUT2D eigenvalue weighted by atomic mass is 10.3. The SMILES string of the molecule is CC1CC1c1ccc(CNc2ccc(C(F)(F)F)nc2)o1. The fourth-order valence-electron chi connectivity index (χ4n) is 2.26. The van der Waals surface area contributed by atoms with E-state index in [9.17, 15) is 13.2 Å². The summed E-state index contributed by atoms with van der Waals surface area (Å²) in [4.78, 5) is 3.40. The Labute approximate surface area is 120 Å². The number of hydrogen-bond acceptors (Lipinski definition) is 3. The van der Waals surface area contributed by atoms with Gasteiger partial charge in [0.2, 0.25) is 0 Å². The molecule has 2 aromatic heterocycles. The first-order valence-corrected chi connectivity index (χ1v) is 6.79. The lowest BCUT2D eigenvalue weighted by Gasteiger charge is -2.07. The van der Waals surface area contributed by atoms with Crippen molar-refractivity contribution in [2.75, 3.05) is 5.32 Å². The van der Waals surface area contributed by atoms with Gasteiger partial charge in [-0.25, -0.2) is 4.98 Å². The van der Waals surface area contributed by atoms with Crippen molar-refractivity contribution in [3.63, 3.8) is 0 Å². The Balaban J connectivity index is 1.58. The maximum Gasteiger partial charge on any atom is 0.433 e. The van der Waals surface area contributed by atoms with E-state index >= 15 is 0 Å². The summed E-state index contributed by atoms with van der Waals surface area (Å²) in [5.74, 6) is 2.96. The van der Waals surface area contributed by atoms with Gasteiger partial charge in [0.05, 0.1) is 18.4 Å². The van der Waals surface area contributed by atoms with Gasteiger partial charge in [0.1, 0.15) is 17.2 Å². The minimum absolute atomic E-state index is 0.425. The average Bonchev–Trinajstić information content (AvgIpc) is 2.99. The number of anilines is 1. The van der Waals surface area contributed by atoms with Crippen LogP contribution >= 0.6 is 0 Å². The molecule has 112 valence electrons. The van der Waals surface area contributed by atoms with Gasteiger partial charge < -0.3 is 9.73 Å². The van der Waals surface area contributed by atoms with Crippen LogP contribution in [0.5, 0.6) is 0 Å². The molecule has 21 heavy (non-hydrogen) atoms. The Morgan fingerprint density at radius 2 is 2.05 bits per heavy atom. The zero-order chi connectivity index (χ0) is 15.0. The first-order chi connectivity index (χ1) is 9.93. The van der Waals surface area contributed by atoms with Crippen molar-refractivity contribution in [3.05, 3.63) is 47.7 Å². The van der Waals surface area contributed by atoms with E-state index in [0.717, 1.165) is 24.0 Å². The standard InChI is InChI=1S/C15H15F3N2O/c1-9-6-12(9)13-4-3-11(21-13)8-19-10-2-5-14(20-7-10)15(16,17)18/h2-5,7,9,12,19H,6,8H2,1H3. The normalized spacial score (nSPS) is 21.3. The molecule has 0 aliphatic heterocycles. The first kappa shape index (κ1) is 14.0. The number of rotatable bonds is 4. The van der Waals surface area contributed by atoms with E-state index in [2.05, 4.69) is 17.2 Å². The molecule has 1 saturated carbocycles. The smallest absolute Gasteiger partial charge is 0.433 e. The number of nitrogens with zero attached hydrogens (tertiary/aromatic N) is 1. The summed E-state index contributed by atoms with van der Waals surface area (Å²) in [5.41, 5.74) is -0.364. The molecule has 3 rings (SSSR count). The van der Waals surface area contributed by atoms with Crippen LogP contribution in [0.3, 0.4) is 0 Å². The summed E-state index contributed by atoms with van der Waals surface area (Å²) in [5, 5.41) is 3.00. The van der Waals surface area contributed by atoms with E-state index in [1.165, 1.54) is 12.3 Å². The predicted molar refractivity (Wildman–Crippen MR) is 71.8 cm³/mol. The van der Waals surface area contributed by atoms with Crippen molar-refractivity contribution >= 4 is 5.69 Å². The number of furan rings is 1. The number of aromatic nitrogens is 1. The molecule has 2 heterocycles. The Bertz CT molecular complexity index is 619. The molecule has 0 amide bonds. The summed E-state index contributed by atoms with van der Waals surface area (Å²) in [6, 6.07) is 6.19. The molecular weight excluding hydrogens is 281 g/mol. The van der Waals surface area contributed by atoms with Gasteiger partial charge in [0, 0.05) is 5.92 Å². The van der Waals surface area contributed by atoms with Gasteiger partial charge in [-0.15, -0.1) is 0 Å². The van der Waals surface area contributed by atoms with E-state index in [1.54, 1.807) is 0 Å². The number of hydrogen-bond donors (Lipinski definition) is 1. The minimum Gasteiger partial charge on any atom is -0.464 e. The Morgan fingerprint density at radius 3 is 2.62 bits per heavy atom. The number of nitrogens with one attached hydrogen (secondary N) is 1. The maximum atomic E-state index is 12.4. The molecule has 1 aliphatic carbocycles. The lowest BCUT2D eigenvalue weighted by Crippen LogP contribution is -2.08. The van der Waals surface area contributed by atoms with Crippen LogP contribution in [0.15, 0.2) is 34.9 Å². The predicted octanol–water partition coefficient (Wildman–Crippen LogP) is 4.43. The highest BCUT2D eigenvalue weighted by Gasteiger charge is 2.36. The third-order valence-corrected chi connectivity index (χ3v) is 3.68. The molecule has 0 spiro atoms. The summed E-state index contributed by atoms with van der Waals surface area (Å²) < 4.78 is 42.9. The van der Waals surface area contributed by atoms with Crippen LogP contribution in [-0.4, -0.2) is 4.98 Å². The molecule has 2 aromatic rings. The van der Waals surface area contributed by atoms with Gasteiger partial charge in [0.15, 0.2) is 0 Å². The van der Waals surface area contributed by atoms with Crippen molar-refractivity contribution in [2.45, 2.75) is 32.0 Å². The molecule has 0 bridgehead atoms. The van der Waals surface area contributed by atoms with Crippen molar-refractivity contribution in [1.82, 2.24) is 4.98 Å². The fraction of sp³-hybridized carbons (Fsp3) is 0.400. The van der Waals surface area contributed by atoms with E-state index in [4.69, 9.17) is 4.42 Å². The van der Waals surface area contributed by atoms with Crippen LogP contribution in [0.4, 0.5) is 18.9 Å². The van der Waals surface area contributed by atoms with Crippen LogP contribution in [0, 0.1) is 5.92 Å². The average molecular weight is 296 g/mol. The molecule has 0 saturated heterocycles. The van der Waals surface area contributed by atoms with Crippen LogP contribution in [0.25, 0.3) is 0 Å². The largest absolute Gasteiger partial charge is 0.464 e. The minimum atomic E-state index is -4.41. The second-order valence-corrected chi connectivity index (χ2v) is 5.41. The molecule has 2 unspecified atom stereocenters. The molecule has 3 nitrogen and oxygen atoms in total. The Hall–Kier alpha value is -1.98. The van der Waals surface area contributed by atoms with Crippen molar-refractivity contribution < 1.29 is 17.6 Å². The molecule has 2 atom stereocenters. The van der Waals surface area contributed by atoms with Crippen LogP contribution in [-0.2, 0) is 12.7 Å².